The molecule has 0 unspecified atom stereocenters. The first-order valence-corrected chi connectivity index (χ1v) is 9.07. The Bertz CT molecular complexity index is 1030. The smallest absolute Gasteiger partial charge is 0.243 e. The van der Waals surface area contributed by atoms with Gasteiger partial charge in [-0.1, -0.05) is 30.3 Å². The van der Waals surface area contributed by atoms with E-state index in [4.69, 9.17) is 5.73 Å². The van der Waals surface area contributed by atoms with E-state index in [0.29, 0.717) is 29.4 Å². The molecule has 0 saturated heterocycles. The molecule has 1 aliphatic heterocycles. The maximum absolute atomic E-state index is 13.0. The zero-order valence-corrected chi connectivity index (χ0v) is 13.7. The van der Waals surface area contributed by atoms with E-state index >= 15 is 0 Å². The van der Waals surface area contributed by atoms with Crippen LogP contribution in [-0.2, 0) is 23.0 Å². The SMILES string of the molecule is Nc1ncnc2c1CCN(S(=O)(=O)c1ccc3ccccc3c1)C2. The molecule has 2 N–H and O–H groups in total. The van der Waals surface area contributed by atoms with Crippen LogP contribution in [0.1, 0.15) is 11.3 Å². The molecule has 4 rings (SSSR count). The first-order valence-electron chi connectivity index (χ1n) is 7.63. The third-order valence-corrected chi connectivity index (χ3v) is 6.21. The Hall–Kier alpha value is -2.51. The number of nitrogens with two attached hydrogens (primary N) is 1. The molecule has 0 atom stereocenters. The highest BCUT2D eigenvalue weighted by Crippen LogP contribution is 2.27. The van der Waals surface area contributed by atoms with Gasteiger partial charge in [-0.2, -0.15) is 4.31 Å². The highest BCUT2D eigenvalue weighted by Gasteiger charge is 2.30. The second kappa shape index (κ2) is 5.54. The Morgan fingerprint density at radius 3 is 2.67 bits per heavy atom. The number of nitrogens with zero attached hydrogens (tertiary/aromatic N) is 3. The summed E-state index contributed by atoms with van der Waals surface area (Å²) < 4.78 is 27.4. The zero-order valence-electron chi connectivity index (χ0n) is 12.9. The Balaban J connectivity index is 1.72. The van der Waals surface area contributed by atoms with Crippen molar-refractivity contribution in [2.75, 3.05) is 12.3 Å². The van der Waals surface area contributed by atoms with Crippen LogP contribution < -0.4 is 5.73 Å². The Morgan fingerprint density at radius 2 is 1.83 bits per heavy atom. The van der Waals surface area contributed by atoms with Gasteiger partial charge in [0.25, 0.3) is 0 Å². The number of sulfonamides is 1. The third-order valence-electron chi connectivity index (χ3n) is 4.36. The molecule has 0 amide bonds. The lowest BCUT2D eigenvalue weighted by Crippen LogP contribution is -2.36. The summed E-state index contributed by atoms with van der Waals surface area (Å²) in [5, 5.41) is 1.92. The molecule has 24 heavy (non-hydrogen) atoms. The van der Waals surface area contributed by atoms with Crippen LogP contribution in [0.5, 0.6) is 0 Å². The van der Waals surface area contributed by atoms with Crippen molar-refractivity contribution in [2.24, 2.45) is 0 Å². The number of hydrogen-bond acceptors (Lipinski definition) is 5. The Labute approximate surface area is 140 Å². The molecule has 7 heteroatoms. The Morgan fingerprint density at radius 1 is 1.04 bits per heavy atom. The lowest BCUT2D eigenvalue weighted by atomic mass is 10.1. The maximum atomic E-state index is 13.0. The Kier molecular flexibility index (Phi) is 3.47. The first kappa shape index (κ1) is 15.0. The summed E-state index contributed by atoms with van der Waals surface area (Å²) in [6, 6.07) is 12.9. The first-order chi connectivity index (χ1) is 11.6. The van der Waals surface area contributed by atoms with Crippen molar-refractivity contribution in [3.8, 4) is 0 Å². The molecular weight excluding hydrogens is 324 g/mol. The van der Waals surface area contributed by atoms with Gasteiger partial charge in [0.05, 0.1) is 17.1 Å². The highest BCUT2D eigenvalue weighted by atomic mass is 32.2. The molecule has 6 nitrogen and oxygen atoms in total. The van der Waals surface area contributed by atoms with Crippen LogP contribution in [0.2, 0.25) is 0 Å². The van der Waals surface area contributed by atoms with Crippen molar-refractivity contribution in [3.05, 3.63) is 60.0 Å². The fourth-order valence-corrected chi connectivity index (χ4v) is 4.48. The second-order valence-corrected chi connectivity index (χ2v) is 7.72. The molecule has 2 aromatic carbocycles. The highest BCUT2D eigenvalue weighted by molar-refractivity contribution is 7.89. The van der Waals surface area contributed by atoms with Gasteiger partial charge < -0.3 is 5.73 Å². The van der Waals surface area contributed by atoms with Gasteiger partial charge in [-0.25, -0.2) is 18.4 Å². The van der Waals surface area contributed by atoms with Crippen LogP contribution in [-0.4, -0.2) is 29.2 Å². The molecule has 0 fully saturated rings. The van der Waals surface area contributed by atoms with Crippen molar-refractivity contribution in [3.63, 3.8) is 0 Å². The van der Waals surface area contributed by atoms with E-state index < -0.39 is 10.0 Å². The fourth-order valence-electron chi connectivity index (χ4n) is 3.04. The summed E-state index contributed by atoms with van der Waals surface area (Å²) in [6.45, 7) is 0.594. The van der Waals surface area contributed by atoms with Crippen LogP contribution in [0.25, 0.3) is 10.8 Å². The number of rotatable bonds is 2. The van der Waals surface area contributed by atoms with Crippen molar-refractivity contribution in [1.29, 1.82) is 0 Å². The summed E-state index contributed by atoms with van der Waals surface area (Å²) in [5.74, 6) is 0.433. The van der Waals surface area contributed by atoms with Crippen molar-refractivity contribution in [1.82, 2.24) is 14.3 Å². The molecule has 0 bridgehead atoms. The van der Waals surface area contributed by atoms with E-state index in [1.807, 2.05) is 30.3 Å². The molecule has 1 aromatic heterocycles. The van der Waals surface area contributed by atoms with Crippen molar-refractivity contribution >= 4 is 26.6 Å². The number of nitrogen functional groups attached to an aromatic ring is 1. The number of aromatic nitrogens is 2. The summed E-state index contributed by atoms with van der Waals surface area (Å²) >= 11 is 0. The quantitative estimate of drug-likeness (QED) is 0.770. The number of hydrogen-bond donors (Lipinski definition) is 1. The lowest BCUT2D eigenvalue weighted by molar-refractivity contribution is 0.385. The van der Waals surface area contributed by atoms with Gasteiger partial charge >= 0.3 is 0 Å². The van der Waals surface area contributed by atoms with Crippen LogP contribution >= 0.6 is 0 Å². The van der Waals surface area contributed by atoms with Crippen LogP contribution in [0.15, 0.2) is 53.7 Å². The van der Waals surface area contributed by atoms with Gasteiger partial charge in [0, 0.05) is 12.1 Å². The van der Waals surface area contributed by atoms with E-state index in [1.165, 1.54) is 10.6 Å². The van der Waals surface area contributed by atoms with Crippen LogP contribution in [0, 0.1) is 0 Å². The minimum atomic E-state index is -3.58. The van der Waals surface area contributed by atoms with Crippen LogP contribution in [0.3, 0.4) is 0 Å². The average molecular weight is 340 g/mol. The maximum Gasteiger partial charge on any atom is 0.243 e. The molecule has 3 aromatic rings. The summed E-state index contributed by atoms with van der Waals surface area (Å²) in [5.41, 5.74) is 7.38. The lowest BCUT2D eigenvalue weighted by Gasteiger charge is -2.27. The minimum absolute atomic E-state index is 0.219. The van der Waals surface area contributed by atoms with Crippen molar-refractivity contribution in [2.45, 2.75) is 17.9 Å². The van der Waals surface area contributed by atoms with E-state index in [-0.39, 0.29) is 6.54 Å². The van der Waals surface area contributed by atoms with Crippen molar-refractivity contribution < 1.29 is 8.42 Å². The van der Waals surface area contributed by atoms with Gasteiger partial charge in [0.15, 0.2) is 0 Å². The summed E-state index contributed by atoms with van der Waals surface area (Å²) in [7, 11) is -3.58. The molecule has 1 aliphatic rings. The summed E-state index contributed by atoms with van der Waals surface area (Å²) in [6.07, 6.45) is 1.90. The van der Waals surface area contributed by atoms with Gasteiger partial charge in [0.1, 0.15) is 12.1 Å². The predicted octanol–water partition coefficient (Wildman–Crippen LogP) is 1.96. The minimum Gasteiger partial charge on any atom is -0.383 e. The summed E-state index contributed by atoms with van der Waals surface area (Å²) in [4.78, 5) is 8.46. The average Bonchev–Trinajstić information content (AvgIpc) is 2.61. The van der Waals surface area contributed by atoms with E-state index in [9.17, 15) is 8.42 Å². The van der Waals surface area contributed by atoms with E-state index in [2.05, 4.69) is 9.97 Å². The number of anilines is 1. The molecule has 0 spiro atoms. The monoisotopic (exact) mass is 340 g/mol. The van der Waals surface area contributed by atoms with Crippen LogP contribution in [0.4, 0.5) is 5.82 Å². The molecule has 0 saturated carbocycles. The molecular formula is C17H16N4O2S. The van der Waals surface area contributed by atoms with Gasteiger partial charge in [-0.15, -0.1) is 0 Å². The molecule has 2 heterocycles. The molecule has 122 valence electrons. The number of fused-ring (bicyclic) bond motifs is 2. The van der Waals surface area contributed by atoms with E-state index in [0.717, 1.165) is 16.3 Å². The number of benzene rings is 2. The standard InChI is InChI=1S/C17H16N4O2S/c18-17-15-7-8-21(10-16(15)19-11-20-17)24(22,23)14-6-5-12-3-1-2-4-13(12)9-14/h1-6,9,11H,7-8,10H2,(H2,18,19,20). The fraction of sp³-hybridized carbons (Fsp3) is 0.176. The normalized spacial score (nSPS) is 15.3. The molecule has 0 aliphatic carbocycles. The zero-order chi connectivity index (χ0) is 16.7. The van der Waals surface area contributed by atoms with Gasteiger partial charge in [0.2, 0.25) is 10.0 Å². The topological polar surface area (TPSA) is 89.2 Å². The van der Waals surface area contributed by atoms with E-state index in [1.54, 1.807) is 12.1 Å². The molecule has 0 radical (unpaired) electrons. The largest absolute Gasteiger partial charge is 0.383 e. The third kappa shape index (κ3) is 2.42. The van der Waals surface area contributed by atoms with Gasteiger partial charge in [-0.3, -0.25) is 0 Å². The van der Waals surface area contributed by atoms with Gasteiger partial charge in [-0.05, 0) is 29.3 Å². The second-order valence-electron chi connectivity index (χ2n) is 5.78. The predicted molar refractivity (Wildman–Crippen MR) is 91.7 cm³/mol.